The van der Waals surface area contributed by atoms with Gasteiger partial charge in [0.05, 0.1) is 12.3 Å². The van der Waals surface area contributed by atoms with Gasteiger partial charge in [-0.25, -0.2) is 13.2 Å². The largest absolute Gasteiger partial charge is 0.508 e. The number of H-pyrrole nitrogens is 1. The van der Waals surface area contributed by atoms with Crippen molar-refractivity contribution in [1.82, 2.24) is 77.3 Å². The van der Waals surface area contributed by atoms with Gasteiger partial charge < -0.3 is 105 Å². The van der Waals surface area contributed by atoms with Crippen molar-refractivity contribution in [2.45, 2.75) is 202 Å². The summed E-state index contributed by atoms with van der Waals surface area (Å²) in [4.78, 5) is 234. The molecule has 15 amide bonds. The second kappa shape index (κ2) is 49.6. The molecule has 0 aliphatic carbocycles. The normalized spacial score (nSPS) is 23.3. The number of fused-ring (bicyclic) bond motifs is 3. The lowest BCUT2D eigenvalue weighted by Gasteiger charge is -2.42. The molecule has 10 rings (SSSR count). The number of benzene rings is 6. The van der Waals surface area contributed by atoms with Crippen LogP contribution in [0.3, 0.4) is 0 Å². The van der Waals surface area contributed by atoms with Crippen LogP contribution in [0.15, 0.2) is 152 Å². The fourth-order valence-electron chi connectivity index (χ4n) is 16.7. The number of unbranched alkanes of at least 4 members (excludes halogenated alkanes) is 2. The molecule has 39 heteroatoms. The van der Waals surface area contributed by atoms with E-state index >= 15 is 56.7 Å². The van der Waals surface area contributed by atoms with E-state index in [0.29, 0.717) is 81.9 Å². The fourth-order valence-corrected chi connectivity index (χ4v) is 17.6. The first kappa shape index (κ1) is 104. The lowest BCUT2D eigenvalue weighted by atomic mass is 9.95. The molecule has 135 heavy (non-hydrogen) atoms. The summed E-state index contributed by atoms with van der Waals surface area (Å²) >= 11 is 0.689. The van der Waals surface area contributed by atoms with Crippen molar-refractivity contribution in [2.24, 2.45) is 28.9 Å². The maximum atomic E-state index is 15.7. The van der Waals surface area contributed by atoms with Crippen LogP contribution in [0.1, 0.15) is 118 Å². The number of hydrogen-bond donors (Lipinski definition) is 15. The van der Waals surface area contributed by atoms with Crippen LogP contribution in [-0.4, -0.2) is 267 Å². The standard InChI is InChI=1S/C96H122F3N19O16S/c1-7-8-27-77-95(133)117-39-19-28-75(117)89(127)111-73(50-102)88(126)113-83(55(2)3)96(134)115(5)78(46-56-20-11-9-12-21-56)91(129)110-72(44-58-29-31-60(49-101)32-30-58)93(131)118-40-37-76(118)90(128)109-70(48-62-51-104-67-25-16-15-24-64(62)67)87(125)108-69(43-59-33-35-63(119)36-34-59)86(124)107-68(26-17-18-38-100)85(123)112-74(84(122)105-52-80(103)120)53-135-54-81(121)106-71(45-61-41-65(97)82(99)66(98)42-61)92(130)116(6)79(94(132)114(77)4)47-57-22-13-10-14-23-57/h9-16,20-25,29-36,41-42,51,55,68-79,83,104,119H,7-8,17-19,26-28,37-40,43-50,52-54,100-102H2,1-6H3,(H2,103,120)(H,105,122)(H,106,121)(H,107,124)(H,108,125)(H,109,128)(H,110,129)(H,111,127)(H,112,123)(H,113,126). The monoisotopic (exact) mass is 1890 g/mol. The third-order valence-electron chi connectivity index (χ3n) is 24.6. The maximum absolute atomic E-state index is 15.7. The first-order chi connectivity index (χ1) is 64.6. The van der Waals surface area contributed by atoms with Gasteiger partial charge in [0.2, 0.25) is 88.6 Å². The van der Waals surface area contributed by atoms with Crippen LogP contribution in [0.25, 0.3) is 10.9 Å². The van der Waals surface area contributed by atoms with E-state index in [1.807, 2.05) is 6.92 Å². The number of carbonyl (C=O) groups excluding carboxylic acids is 15. The predicted molar refractivity (Wildman–Crippen MR) is 498 cm³/mol. The van der Waals surface area contributed by atoms with Crippen LogP contribution in [0.4, 0.5) is 13.2 Å². The fraction of sp³-hybridized carbons (Fsp3) is 0.448. The number of nitrogens with two attached hydrogens (primary N) is 4. The number of halogens is 3. The smallest absolute Gasteiger partial charge is 0.246 e. The molecule has 724 valence electrons. The molecule has 3 aliphatic rings. The molecule has 3 fully saturated rings. The highest BCUT2D eigenvalue weighted by molar-refractivity contribution is 8.00. The Bertz CT molecular complexity index is 5330. The Kier molecular flexibility index (Phi) is 38.2. The number of nitrogens with one attached hydrogen (secondary N) is 10. The number of aromatic amines is 1. The zero-order valence-electron chi connectivity index (χ0n) is 76.4. The number of thioether (sulfide) groups is 1. The lowest BCUT2D eigenvalue weighted by Crippen LogP contribution is -2.66. The van der Waals surface area contributed by atoms with Gasteiger partial charge in [-0.3, -0.25) is 71.9 Å². The van der Waals surface area contributed by atoms with E-state index in [2.05, 4.69) is 52.8 Å². The summed E-state index contributed by atoms with van der Waals surface area (Å²) in [5, 5.41) is 35.3. The van der Waals surface area contributed by atoms with Gasteiger partial charge in [0.1, 0.15) is 84.3 Å². The molecule has 3 saturated heterocycles. The molecule has 0 radical (unpaired) electrons. The number of likely N-dealkylation sites (N-methyl/N-ethyl adjacent to an activating group) is 3. The van der Waals surface area contributed by atoms with Crippen LogP contribution < -0.4 is 70.8 Å². The first-order valence-electron chi connectivity index (χ1n) is 45.3. The summed E-state index contributed by atoms with van der Waals surface area (Å²) in [6, 6.07) is 18.2. The number of primary amides is 1. The summed E-state index contributed by atoms with van der Waals surface area (Å²) in [5.41, 5.74) is 27.3. The zero-order chi connectivity index (χ0) is 97.9. The SMILES string of the molecule is CCCCC1C(=O)N2CCCC2C(=O)NC(CN)C(=O)NC(C(C)C)C(=O)N(C)C(Cc2ccccc2)C(=O)NC(Cc2ccc(CN)cc2)C(=O)N2CCC2C(=O)NC(Cc2c[nH]c3ccccc23)C(=O)NC(Cc2ccc(O)cc2)C(=O)NC(CCCCN)C(=O)NC(C(=O)NCC(N)=O)CSCC(=O)NC(Cc2cc(F)c(F)c(F)c2)C(=O)N(C)C(Cc2ccccc2)C(=O)N1C. The molecule has 0 spiro atoms. The van der Waals surface area contributed by atoms with Crippen LogP contribution >= 0.6 is 11.8 Å². The van der Waals surface area contributed by atoms with Crippen molar-refractivity contribution in [3.05, 3.63) is 208 Å². The van der Waals surface area contributed by atoms with Gasteiger partial charge in [-0.15, -0.1) is 11.8 Å². The number of carbonyl (C=O) groups is 15. The molecule has 13 unspecified atom stereocenters. The quantitative estimate of drug-likeness (QED) is 0.0286. The molecule has 1 aromatic heterocycles. The minimum absolute atomic E-state index is 0.00834. The number of amides is 15. The number of hydrogen-bond acceptors (Lipinski definition) is 20. The van der Waals surface area contributed by atoms with Crippen LogP contribution in [0.2, 0.25) is 0 Å². The van der Waals surface area contributed by atoms with E-state index in [1.165, 1.54) is 55.2 Å². The summed E-state index contributed by atoms with van der Waals surface area (Å²) in [6.45, 7) is 4.07. The highest BCUT2D eigenvalue weighted by Gasteiger charge is 2.47. The van der Waals surface area contributed by atoms with E-state index < -0.39 is 222 Å². The first-order valence-corrected chi connectivity index (χ1v) is 46.4. The second-order valence-electron chi connectivity index (χ2n) is 34.6. The van der Waals surface area contributed by atoms with E-state index in [1.54, 1.807) is 129 Å². The Morgan fingerprint density at radius 1 is 0.489 bits per heavy atom. The van der Waals surface area contributed by atoms with Gasteiger partial charge in [0.25, 0.3) is 0 Å². The van der Waals surface area contributed by atoms with Crippen molar-refractivity contribution in [3.63, 3.8) is 0 Å². The van der Waals surface area contributed by atoms with Crippen molar-refractivity contribution in [3.8, 4) is 5.75 Å². The number of aromatic nitrogens is 1. The Morgan fingerprint density at radius 2 is 1.00 bits per heavy atom. The number of aromatic hydroxyl groups is 1. The number of rotatable bonds is 25. The minimum atomic E-state index is -1.85. The molecular weight excluding hydrogens is 1760 g/mol. The number of phenols is 1. The summed E-state index contributed by atoms with van der Waals surface area (Å²) in [7, 11) is 3.92. The molecule has 19 N–H and O–H groups in total. The second-order valence-corrected chi connectivity index (χ2v) is 35.6. The van der Waals surface area contributed by atoms with E-state index in [4.69, 9.17) is 22.9 Å². The Labute approximate surface area is 785 Å². The molecule has 3 aliphatic heterocycles. The third kappa shape index (κ3) is 28.2. The van der Waals surface area contributed by atoms with E-state index in [9.17, 15) is 33.5 Å². The number of para-hydroxylation sites is 1. The molecule has 4 heterocycles. The minimum Gasteiger partial charge on any atom is -0.508 e. The van der Waals surface area contributed by atoms with Gasteiger partial charge in [-0.2, -0.15) is 0 Å². The maximum Gasteiger partial charge on any atom is 0.246 e. The van der Waals surface area contributed by atoms with Crippen molar-refractivity contribution in [2.75, 3.05) is 65.4 Å². The molecule has 35 nitrogen and oxygen atoms in total. The number of phenolic OH excluding ortho intramolecular Hbond substituents is 1. The molecule has 7 aromatic rings. The van der Waals surface area contributed by atoms with Gasteiger partial charge >= 0.3 is 0 Å². The Hall–Kier alpha value is -13.3. The van der Waals surface area contributed by atoms with Crippen LogP contribution in [-0.2, 0) is 117 Å². The van der Waals surface area contributed by atoms with Crippen molar-refractivity contribution < 1.29 is 90.2 Å². The third-order valence-corrected chi connectivity index (χ3v) is 25.6. The van der Waals surface area contributed by atoms with Crippen LogP contribution in [0.5, 0.6) is 5.75 Å². The summed E-state index contributed by atoms with van der Waals surface area (Å²) in [6.07, 6.45) is 1.26. The molecule has 13 atom stereocenters. The molecule has 0 saturated carbocycles. The van der Waals surface area contributed by atoms with Crippen molar-refractivity contribution >= 4 is 111 Å². The van der Waals surface area contributed by atoms with Gasteiger partial charge in [0.15, 0.2) is 17.5 Å². The van der Waals surface area contributed by atoms with Gasteiger partial charge in [0, 0.05) is 109 Å². The summed E-state index contributed by atoms with van der Waals surface area (Å²) < 4.78 is 45.1. The highest BCUT2D eigenvalue weighted by atomic mass is 32.2. The van der Waals surface area contributed by atoms with E-state index in [0.717, 1.165) is 20.3 Å². The van der Waals surface area contributed by atoms with E-state index in [-0.39, 0.29) is 108 Å². The van der Waals surface area contributed by atoms with Gasteiger partial charge in [-0.05, 0) is 127 Å². The Morgan fingerprint density at radius 3 is 1.60 bits per heavy atom. The zero-order valence-corrected chi connectivity index (χ0v) is 77.3. The predicted octanol–water partition coefficient (Wildman–Crippen LogP) is 1.74. The average Bonchev–Trinajstić information content (AvgIpc) is 1.26. The summed E-state index contributed by atoms with van der Waals surface area (Å²) in [5.74, 6) is -20.7. The van der Waals surface area contributed by atoms with Crippen molar-refractivity contribution in [1.29, 1.82) is 0 Å². The average molecular weight is 1890 g/mol. The van der Waals surface area contributed by atoms with Gasteiger partial charge in [-0.1, -0.05) is 149 Å². The Balaban J connectivity index is 1.05. The van der Waals surface area contributed by atoms with Crippen LogP contribution in [0, 0.1) is 23.4 Å². The highest BCUT2D eigenvalue weighted by Crippen LogP contribution is 2.29. The lowest BCUT2D eigenvalue weighted by molar-refractivity contribution is -0.152. The molecule has 0 bridgehead atoms. The molecule has 6 aromatic carbocycles. The number of nitrogens with zero attached hydrogens (tertiary/aromatic N) is 5. The topological polar surface area (TPSA) is 521 Å². The molecular formula is C96H122F3N19O16S.